The van der Waals surface area contributed by atoms with Gasteiger partial charge in [-0.2, -0.15) is 0 Å². The van der Waals surface area contributed by atoms with Crippen LogP contribution in [-0.4, -0.2) is 20.4 Å². The van der Waals surface area contributed by atoms with E-state index in [2.05, 4.69) is 111 Å². The molecule has 0 aliphatic heterocycles. The van der Waals surface area contributed by atoms with Crippen molar-refractivity contribution >= 4 is 87.8 Å². The molecule has 4 heterocycles. The summed E-state index contributed by atoms with van der Waals surface area (Å²) in [7, 11) is 0. The van der Waals surface area contributed by atoms with E-state index in [-0.39, 0.29) is 32.5 Å². The number of rotatable bonds is 4. The average Bonchev–Trinajstić information content (AvgIpc) is 4.00. The molecule has 8 aliphatic carbocycles. The molecule has 0 radical (unpaired) electrons. The van der Waals surface area contributed by atoms with E-state index in [1.807, 2.05) is 0 Å². The third-order valence-electron chi connectivity index (χ3n) is 20.4. The minimum atomic E-state index is -0.251. The van der Waals surface area contributed by atoms with Crippen molar-refractivity contribution in [2.45, 2.75) is 166 Å². The highest BCUT2D eigenvalue weighted by atomic mass is 16.1. The quantitative estimate of drug-likeness (QED) is 0.177. The standard InChI is InChI=1S/C60H60N2O2/c1-7-59(15-11-9-12-16-59)33-19-39-35-23-45-43(53(63)57(5)29-55(45,3)30-57)27-49(35)61-47-26-38-42-22-34(60(8-2)17-13-10-14-18-60)20-40-36-24-46-44(54(64)58(6)31-56(46,4)32-58)28-50(36)62(52(40)42)48(38)25-37(47)41(21-33)51(39)61/h19-28H,7-18,29-32H2,1-6H3. The molecule has 9 aromatic rings. The van der Waals surface area contributed by atoms with E-state index in [1.54, 1.807) is 0 Å². The van der Waals surface area contributed by atoms with Crippen molar-refractivity contribution in [2.75, 3.05) is 0 Å². The molecule has 4 bridgehead atoms. The van der Waals surface area contributed by atoms with Crippen molar-refractivity contribution in [3.8, 4) is 0 Å². The van der Waals surface area contributed by atoms with E-state index in [1.165, 1.54) is 163 Å². The molecular formula is C60H60N2O2. The number of benzene rings is 5. The van der Waals surface area contributed by atoms with Crippen molar-refractivity contribution in [3.05, 3.63) is 94.0 Å². The van der Waals surface area contributed by atoms with Crippen molar-refractivity contribution in [1.29, 1.82) is 0 Å². The van der Waals surface area contributed by atoms with Crippen LogP contribution >= 0.6 is 0 Å². The van der Waals surface area contributed by atoms with Crippen LogP contribution in [0.1, 0.15) is 187 Å². The van der Waals surface area contributed by atoms with E-state index in [4.69, 9.17) is 0 Å². The molecule has 0 unspecified atom stereocenters. The van der Waals surface area contributed by atoms with Crippen LogP contribution in [0.15, 0.2) is 60.7 Å². The molecule has 4 saturated carbocycles. The first-order chi connectivity index (χ1) is 30.7. The van der Waals surface area contributed by atoms with Crippen LogP contribution in [0, 0.1) is 10.8 Å². The molecule has 5 aromatic carbocycles. The number of ketones is 2. The Bertz CT molecular complexity index is 3400. The highest BCUT2D eigenvalue weighted by molar-refractivity contribution is 6.30. The highest BCUT2D eigenvalue weighted by Crippen LogP contribution is 2.64. The van der Waals surface area contributed by atoms with Gasteiger partial charge in [0.1, 0.15) is 0 Å². The van der Waals surface area contributed by atoms with E-state index in [0.29, 0.717) is 11.6 Å². The maximum atomic E-state index is 14.4. The molecule has 8 aliphatic rings. The fraction of sp³-hybridized carbons (Fsp3) is 0.467. The Balaban J connectivity index is 1.10. The topological polar surface area (TPSA) is 43.0 Å². The molecular weight excluding hydrogens is 781 g/mol. The summed E-state index contributed by atoms with van der Waals surface area (Å²) in [5, 5.41) is 10.6. The summed E-state index contributed by atoms with van der Waals surface area (Å²) < 4.78 is 5.14. The zero-order chi connectivity index (χ0) is 43.2. The van der Waals surface area contributed by atoms with Gasteiger partial charge in [0.05, 0.1) is 33.1 Å². The fourth-order valence-corrected chi connectivity index (χ4v) is 17.5. The Morgan fingerprint density at radius 3 is 1.08 bits per heavy atom. The van der Waals surface area contributed by atoms with Gasteiger partial charge in [-0.1, -0.05) is 80.1 Å². The SMILES string of the molecule is CCC1(c2cc3c4cc5c(cc4n4c6cc7c8cc(C9(CC)CCCCC9)cc9c%10cc%11c(cc%10n(c7cc6c(c2)c34)c98)C(=O)C2(C)CC%11(C)C2)C(=O)C2(C)CC5(C)C2)CCCCC1. The van der Waals surface area contributed by atoms with E-state index < -0.39 is 0 Å². The van der Waals surface area contributed by atoms with E-state index >= 15 is 0 Å². The third kappa shape index (κ3) is 4.10. The lowest BCUT2D eigenvalue weighted by Gasteiger charge is -2.57. The van der Waals surface area contributed by atoms with E-state index in [0.717, 1.165) is 49.7 Å². The first-order valence-corrected chi connectivity index (χ1v) is 25.4. The smallest absolute Gasteiger partial charge is 0.169 e. The van der Waals surface area contributed by atoms with Gasteiger partial charge < -0.3 is 8.80 Å². The summed E-state index contributed by atoms with van der Waals surface area (Å²) in [5.41, 5.74) is 14.9. The number of nitrogens with zero attached hydrogens (tertiary/aromatic N) is 2. The molecule has 0 N–H and O–H groups in total. The highest BCUT2D eigenvalue weighted by Gasteiger charge is 2.60. The molecule has 4 aromatic heterocycles. The first-order valence-electron chi connectivity index (χ1n) is 25.4. The Labute approximate surface area is 375 Å². The van der Waals surface area contributed by atoms with Crippen LogP contribution < -0.4 is 0 Å². The lowest BCUT2D eigenvalue weighted by molar-refractivity contribution is 0.0279. The van der Waals surface area contributed by atoms with Crippen LogP contribution in [0.3, 0.4) is 0 Å². The summed E-state index contributed by atoms with van der Waals surface area (Å²) in [4.78, 5) is 28.8. The molecule has 4 fully saturated rings. The normalized spacial score (nSPS) is 29.5. The van der Waals surface area contributed by atoms with Crippen molar-refractivity contribution in [2.24, 2.45) is 10.8 Å². The molecule has 322 valence electrons. The summed E-state index contributed by atoms with van der Waals surface area (Å²) in [5.74, 6) is 0.677. The van der Waals surface area contributed by atoms with Gasteiger partial charge in [-0.15, -0.1) is 0 Å². The van der Waals surface area contributed by atoms with Gasteiger partial charge in [0, 0.05) is 65.0 Å². The summed E-state index contributed by atoms with van der Waals surface area (Å²) >= 11 is 0. The lowest BCUT2D eigenvalue weighted by atomic mass is 9.45. The Hall–Kier alpha value is -4.96. The second kappa shape index (κ2) is 11.3. The molecule has 0 saturated heterocycles. The molecule has 64 heavy (non-hydrogen) atoms. The van der Waals surface area contributed by atoms with Crippen molar-refractivity contribution in [3.63, 3.8) is 0 Å². The maximum Gasteiger partial charge on any atom is 0.169 e. The number of Topliss-reactive ketones (excluding diaryl/α,β-unsaturated/α-hetero) is 2. The van der Waals surface area contributed by atoms with Gasteiger partial charge in [0.2, 0.25) is 0 Å². The number of fused-ring (bicyclic) bond motifs is 12. The van der Waals surface area contributed by atoms with Gasteiger partial charge in [-0.05, 0) is 169 Å². The predicted molar refractivity (Wildman–Crippen MR) is 264 cm³/mol. The minimum Gasteiger partial charge on any atom is -0.308 e. The summed E-state index contributed by atoms with van der Waals surface area (Å²) in [6.07, 6.45) is 18.9. The average molecular weight is 841 g/mol. The second-order valence-corrected chi connectivity index (χ2v) is 24.2. The van der Waals surface area contributed by atoms with Crippen molar-refractivity contribution in [1.82, 2.24) is 8.80 Å². The fourth-order valence-electron chi connectivity index (χ4n) is 17.5. The van der Waals surface area contributed by atoms with E-state index in [9.17, 15) is 9.59 Å². The van der Waals surface area contributed by atoms with Crippen molar-refractivity contribution < 1.29 is 9.59 Å². The number of hydrogen-bond donors (Lipinski definition) is 0. The lowest BCUT2D eigenvalue weighted by Crippen LogP contribution is -2.55. The Morgan fingerprint density at radius 1 is 0.406 bits per heavy atom. The van der Waals surface area contributed by atoms with Gasteiger partial charge >= 0.3 is 0 Å². The predicted octanol–water partition coefficient (Wildman–Crippen LogP) is 15.7. The van der Waals surface area contributed by atoms with Gasteiger partial charge in [-0.25, -0.2) is 0 Å². The van der Waals surface area contributed by atoms with Crippen LogP contribution in [0.2, 0.25) is 0 Å². The molecule has 4 heteroatoms. The molecule has 0 amide bonds. The minimum absolute atomic E-state index is 0.0540. The Kier molecular flexibility index (Phi) is 6.61. The zero-order valence-electron chi connectivity index (χ0n) is 38.8. The molecule has 4 nitrogen and oxygen atoms in total. The molecule has 17 rings (SSSR count). The van der Waals surface area contributed by atoms with Crippen LogP contribution in [0.5, 0.6) is 0 Å². The largest absolute Gasteiger partial charge is 0.308 e. The summed E-state index contributed by atoms with van der Waals surface area (Å²) in [6.45, 7) is 14.1. The van der Waals surface area contributed by atoms with Gasteiger partial charge in [-0.3, -0.25) is 9.59 Å². The Morgan fingerprint density at radius 2 is 0.734 bits per heavy atom. The number of carbonyl (C=O) groups excluding carboxylic acids is 2. The molecule has 0 spiro atoms. The van der Waals surface area contributed by atoms with Gasteiger partial charge in [0.25, 0.3) is 0 Å². The monoisotopic (exact) mass is 840 g/mol. The zero-order valence-corrected chi connectivity index (χ0v) is 38.8. The summed E-state index contributed by atoms with van der Waals surface area (Å²) in [6, 6.07) is 25.1. The van der Waals surface area contributed by atoms with Gasteiger partial charge in [0.15, 0.2) is 11.6 Å². The van der Waals surface area contributed by atoms with Crippen LogP contribution in [0.25, 0.3) is 76.2 Å². The molecule has 0 atom stereocenters. The maximum absolute atomic E-state index is 14.4. The van der Waals surface area contributed by atoms with Crippen LogP contribution in [0.4, 0.5) is 0 Å². The third-order valence-corrected chi connectivity index (χ3v) is 20.4. The first kappa shape index (κ1) is 37.3. The van der Waals surface area contributed by atoms with Crippen LogP contribution in [-0.2, 0) is 21.7 Å². The number of carbonyl (C=O) groups is 2. The second-order valence-electron chi connectivity index (χ2n) is 24.2. The number of hydrogen-bond acceptors (Lipinski definition) is 2. The number of aromatic nitrogens is 2.